The largest absolute Gasteiger partial charge is 0.524 e. The first-order chi connectivity index (χ1) is 19.3. The molecule has 7 nitrogen and oxygen atoms in total. The highest BCUT2D eigenvalue weighted by Gasteiger charge is 2.44. The number of benzene rings is 4. The summed E-state index contributed by atoms with van der Waals surface area (Å²) in [5, 5.41) is 0. The Labute approximate surface area is 243 Å². The van der Waals surface area contributed by atoms with Gasteiger partial charge in [-0.25, -0.2) is 9.13 Å². The molecule has 0 amide bonds. The van der Waals surface area contributed by atoms with Crippen LogP contribution in [0, 0.1) is 55.4 Å². The maximum Gasteiger partial charge on any atom is 0.524 e. The van der Waals surface area contributed by atoms with E-state index in [4.69, 9.17) is 18.1 Å². The highest BCUT2D eigenvalue weighted by atomic mass is 31.3. The van der Waals surface area contributed by atoms with Gasteiger partial charge in [0, 0.05) is 0 Å². The lowest BCUT2D eigenvalue weighted by atomic mass is 10.1. The second-order valence-electron chi connectivity index (χ2n) is 10.3. The van der Waals surface area contributed by atoms with Gasteiger partial charge in [0.25, 0.3) is 0 Å². The summed E-state index contributed by atoms with van der Waals surface area (Å²) in [4.78, 5) is 2.61. The standard InChI is InChI=1S/C32H37NO6P2/c1-21-13-9-17-29(25(21)5)36-40(34,37-30-18-10-14-22(2)26(30)6)33-41(35,38-31-19-11-15-23(3)27(31)7)39-32-20-12-16-24(4)28(32)8/h9-20H,1-8H3,(H,33,34,35). The van der Waals surface area contributed by atoms with Gasteiger partial charge in [0.15, 0.2) is 0 Å². The molecule has 0 unspecified atom stereocenters. The van der Waals surface area contributed by atoms with E-state index in [0.29, 0.717) is 23.0 Å². The van der Waals surface area contributed by atoms with Crippen molar-refractivity contribution in [1.82, 2.24) is 4.86 Å². The summed E-state index contributed by atoms with van der Waals surface area (Å²) >= 11 is 0. The second-order valence-corrected chi connectivity index (χ2v) is 13.8. The van der Waals surface area contributed by atoms with Crippen molar-refractivity contribution in [3.63, 3.8) is 0 Å². The van der Waals surface area contributed by atoms with E-state index < -0.39 is 15.5 Å². The highest BCUT2D eigenvalue weighted by molar-refractivity contribution is 7.68. The molecule has 4 aromatic carbocycles. The molecule has 0 aromatic heterocycles. The number of hydrogen-bond donors (Lipinski definition) is 1. The molecular formula is C32H37NO6P2. The molecule has 0 atom stereocenters. The summed E-state index contributed by atoms with van der Waals surface area (Å²) in [7, 11) is -8.94. The third kappa shape index (κ3) is 7.05. The van der Waals surface area contributed by atoms with Crippen molar-refractivity contribution in [1.29, 1.82) is 0 Å². The Kier molecular flexibility index (Phi) is 9.03. The Morgan fingerprint density at radius 1 is 0.415 bits per heavy atom. The van der Waals surface area contributed by atoms with E-state index in [-0.39, 0.29) is 0 Å². The molecular weight excluding hydrogens is 556 g/mol. The van der Waals surface area contributed by atoms with E-state index in [0.717, 1.165) is 44.5 Å². The molecule has 41 heavy (non-hydrogen) atoms. The predicted molar refractivity (Wildman–Crippen MR) is 165 cm³/mol. The Morgan fingerprint density at radius 2 is 0.634 bits per heavy atom. The van der Waals surface area contributed by atoms with E-state index in [1.54, 1.807) is 48.5 Å². The first-order valence-electron chi connectivity index (χ1n) is 13.3. The first-order valence-corrected chi connectivity index (χ1v) is 16.4. The van der Waals surface area contributed by atoms with Crippen molar-refractivity contribution in [2.75, 3.05) is 0 Å². The van der Waals surface area contributed by atoms with Crippen LogP contribution in [-0.4, -0.2) is 0 Å². The third-order valence-corrected chi connectivity index (χ3v) is 11.0. The van der Waals surface area contributed by atoms with Crippen LogP contribution in [0.1, 0.15) is 44.5 Å². The van der Waals surface area contributed by atoms with Gasteiger partial charge >= 0.3 is 15.5 Å². The van der Waals surface area contributed by atoms with Crippen molar-refractivity contribution >= 4 is 15.5 Å². The molecule has 4 aromatic rings. The molecule has 0 aliphatic carbocycles. The van der Waals surface area contributed by atoms with E-state index in [1.807, 2.05) is 79.7 Å². The topological polar surface area (TPSA) is 83.1 Å². The lowest BCUT2D eigenvalue weighted by Crippen LogP contribution is -2.23. The van der Waals surface area contributed by atoms with Crippen molar-refractivity contribution in [2.24, 2.45) is 0 Å². The Balaban J connectivity index is 1.84. The zero-order chi connectivity index (χ0) is 29.9. The Bertz CT molecular complexity index is 1450. The van der Waals surface area contributed by atoms with Crippen molar-refractivity contribution in [3.8, 4) is 23.0 Å². The molecule has 0 spiro atoms. The van der Waals surface area contributed by atoms with E-state index in [1.165, 1.54) is 0 Å². The molecule has 1 N–H and O–H groups in total. The van der Waals surface area contributed by atoms with E-state index in [9.17, 15) is 9.13 Å². The summed E-state index contributed by atoms with van der Waals surface area (Å²) in [5.74, 6) is 1.26. The smallest absolute Gasteiger partial charge is 0.404 e. The number of hydrogen-bond acceptors (Lipinski definition) is 6. The molecule has 216 valence electrons. The first kappa shape index (κ1) is 30.5. The van der Waals surface area contributed by atoms with Crippen molar-refractivity contribution < 1.29 is 27.2 Å². The highest BCUT2D eigenvalue weighted by Crippen LogP contribution is 2.58. The summed E-state index contributed by atoms with van der Waals surface area (Å²) in [5.41, 5.74) is 6.79. The average Bonchev–Trinajstić information content (AvgIpc) is 2.90. The minimum Gasteiger partial charge on any atom is -0.404 e. The zero-order valence-corrected chi connectivity index (χ0v) is 26.6. The zero-order valence-electron chi connectivity index (χ0n) is 24.8. The van der Waals surface area contributed by atoms with Crippen molar-refractivity contribution in [3.05, 3.63) is 117 Å². The molecule has 0 saturated carbocycles. The normalized spacial score (nSPS) is 11.7. The van der Waals surface area contributed by atoms with Gasteiger partial charge in [-0.15, -0.1) is 0 Å². The van der Waals surface area contributed by atoms with Crippen LogP contribution < -0.4 is 23.0 Å². The van der Waals surface area contributed by atoms with Crippen LogP contribution >= 0.6 is 15.5 Å². The SMILES string of the molecule is Cc1cccc(OP(=O)(NP(=O)(Oc2cccc(C)c2C)Oc2cccc(C)c2C)Oc2cccc(C)c2C)c1C. The maximum atomic E-state index is 14.7. The van der Waals surface area contributed by atoms with Crippen LogP contribution in [0.2, 0.25) is 0 Å². The summed E-state index contributed by atoms with van der Waals surface area (Å²) in [6.45, 7) is 15.1. The average molecular weight is 594 g/mol. The van der Waals surface area contributed by atoms with E-state index in [2.05, 4.69) is 4.86 Å². The Hall–Kier alpha value is -3.50. The second kappa shape index (κ2) is 12.2. The van der Waals surface area contributed by atoms with Gasteiger partial charge < -0.3 is 18.1 Å². The van der Waals surface area contributed by atoms with Crippen LogP contribution in [0.25, 0.3) is 0 Å². The third-order valence-electron chi connectivity index (χ3n) is 7.34. The fourth-order valence-electron chi connectivity index (χ4n) is 4.08. The summed E-state index contributed by atoms with van der Waals surface area (Å²) in [6, 6.07) is 21.6. The Morgan fingerprint density at radius 3 is 0.854 bits per heavy atom. The van der Waals surface area contributed by atoms with Crippen LogP contribution in [0.4, 0.5) is 0 Å². The summed E-state index contributed by atoms with van der Waals surface area (Å²) in [6.07, 6.45) is 0. The quantitative estimate of drug-likeness (QED) is 0.183. The molecule has 4 rings (SSSR count). The molecule has 9 heteroatoms. The molecule has 0 aliphatic rings. The van der Waals surface area contributed by atoms with Gasteiger partial charge in [-0.3, -0.25) is 0 Å². The van der Waals surface area contributed by atoms with Crippen LogP contribution in [0.15, 0.2) is 72.8 Å². The predicted octanol–water partition coefficient (Wildman–Crippen LogP) is 9.58. The molecule has 0 fully saturated rings. The van der Waals surface area contributed by atoms with E-state index >= 15 is 0 Å². The number of aryl methyl sites for hydroxylation is 4. The van der Waals surface area contributed by atoms with Crippen LogP contribution in [-0.2, 0) is 9.13 Å². The maximum absolute atomic E-state index is 14.7. The number of rotatable bonds is 10. The van der Waals surface area contributed by atoms with Gasteiger partial charge in [0.2, 0.25) is 0 Å². The molecule has 0 aliphatic heterocycles. The molecule has 0 radical (unpaired) electrons. The van der Waals surface area contributed by atoms with Gasteiger partial charge in [-0.05, 0) is 124 Å². The summed E-state index contributed by atoms with van der Waals surface area (Å²) < 4.78 is 53.7. The van der Waals surface area contributed by atoms with Crippen LogP contribution in [0.5, 0.6) is 23.0 Å². The fraction of sp³-hybridized carbons (Fsp3) is 0.250. The molecule has 0 bridgehead atoms. The molecule has 0 heterocycles. The lowest BCUT2D eigenvalue weighted by Gasteiger charge is -2.27. The van der Waals surface area contributed by atoms with Crippen molar-refractivity contribution in [2.45, 2.75) is 55.4 Å². The van der Waals surface area contributed by atoms with Gasteiger partial charge in [-0.2, -0.15) is 0 Å². The lowest BCUT2D eigenvalue weighted by molar-refractivity contribution is 0.351. The minimum atomic E-state index is -4.47. The van der Waals surface area contributed by atoms with Crippen LogP contribution in [0.3, 0.4) is 0 Å². The fourth-order valence-corrected chi connectivity index (χ4v) is 7.83. The van der Waals surface area contributed by atoms with Gasteiger partial charge in [0.1, 0.15) is 23.0 Å². The monoisotopic (exact) mass is 593 g/mol. The molecule has 0 saturated heterocycles. The van der Waals surface area contributed by atoms with Gasteiger partial charge in [-0.1, -0.05) is 53.4 Å². The minimum absolute atomic E-state index is 0.316. The number of nitrogens with one attached hydrogen (secondary N) is 1. The van der Waals surface area contributed by atoms with Gasteiger partial charge in [0.05, 0.1) is 0 Å².